The molecule has 1 fully saturated rings. The minimum Gasteiger partial charge on any atom is -0.492 e. The number of hydrogen-bond donors (Lipinski definition) is 1. The number of hydrogen-bond acceptors (Lipinski definition) is 4. The second-order valence-corrected chi connectivity index (χ2v) is 9.46. The number of likely N-dealkylation sites (tertiary alicyclic amines) is 1. The highest BCUT2D eigenvalue weighted by Gasteiger charge is 2.17. The molecular weight excluding hydrogens is 499 g/mol. The quantitative estimate of drug-likeness (QED) is 0.402. The minimum absolute atomic E-state index is 0.0990. The van der Waals surface area contributed by atoms with Crippen molar-refractivity contribution in [2.75, 3.05) is 31.6 Å². The van der Waals surface area contributed by atoms with Crippen LogP contribution in [-0.2, 0) is 18.3 Å². The van der Waals surface area contributed by atoms with Gasteiger partial charge in [0.2, 0.25) is 5.91 Å². The normalized spacial score (nSPS) is 14.2. The molecule has 3 aromatic rings. The highest BCUT2D eigenvalue weighted by atomic mass is 79.9. The second-order valence-electron chi connectivity index (χ2n) is 8.60. The van der Waals surface area contributed by atoms with Crippen LogP contribution in [0.1, 0.15) is 31.2 Å². The first-order valence-corrected chi connectivity index (χ1v) is 12.5. The van der Waals surface area contributed by atoms with Gasteiger partial charge in [-0.05, 0) is 84.2 Å². The van der Waals surface area contributed by atoms with Gasteiger partial charge < -0.3 is 10.1 Å². The first kappa shape index (κ1) is 24.4. The molecule has 0 saturated carbocycles. The monoisotopic (exact) mass is 528 g/mol. The summed E-state index contributed by atoms with van der Waals surface area (Å²) in [5, 5.41) is 7.32. The maximum Gasteiger partial charge on any atom is 0.224 e. The van der Waals surface area contributed by atoms with Crippen LogP contribution in [0.15, 0.2) is 53.1 Å². The van der Waals surface area contributed by atoms with Crippen molar-refractivity contribution in [2.45, 2.75) is 32.1 Å². The summed E-state index contributed by atoms with van der Waals surface area (Å²) in [5.74, 6) is 0.379. The zero-order valence-electron chi connectivity index (χ0n) is 19.4. The summed E-state index contributed by atoms with van der Waals surface area (Å²) >= 11 is 3.59. The van der Waals surface area contributed by atoms with E-state index in [9.17, 15) is 9.18 Å². The van der Waals surface area contributed by atoms with E-state index in [1.54, 1.807) is 23.0 Å². The number of amides is 1. The zero-order chi connectivity index (χ0) is 23.9. The maximum atomic E-state index is 13.1. The summed E-state index contributed by atoms with van der Waals surface area (Å²) in [7, 11) is 1.88. The zero-order valence-corrected chi connectivity index (χ0v) is 21.0. The molecule has 0 bridgehead atoms. The summed E-state index contributed by atoms with van der Waals surface area (Å²) in [6, 6.07) is 11.9. The molecule has 1 saturated heterocycles. The molecule has 2 aromatic carbocycles. The average molecular weight is 529 g/mol. The second kappa shape index (κ2) is 11.6. The lowest BCUT2D eigenvalue weighted by molar-refractivity contribution is -0.116. The Labute approximate surface area is 208 Å². The van der Waals surface area contributed by atoms with Gasteiger partial charge in [0, 0.05) is 31.3 Å². The van der Waals surface area contributed by atoms with Crippen molar-refractivity contribution in [3.8, 4) is 17.0 Å². The third-order valence-electron chi connectivity index (χ3n) is 6.08. The van der Waals surface area contributed by atoms with Crippen LogP contribution in [0.25, 0.3) is 11.3 Å². The van der Waals surface area contributed by atoms with Crippen LogP contribution >= 0.6 is 15.9 Å². The van der Waals surface area contributed by atoms with E-state index in [1.807, 2.05) is 25.2 Å². The van der Waals surface area contributed by atoms with Crippen LogP contribution < -0.4 is 10.1 Å². The third kappa shape index (κ3) is 6.45. The summed E-state index contributed by atoms with van der Waals surface area (Å²) in [6.07, 6.45) is 6.42. The minimum atomic E-state index is -0.278. The number of aromatic nitrogens is 2. The molecule has 8 heteroatoms. The maximum absolute atomic E-state index is 13.1. The first-order chi connectivity index (χ1) is 16.5. The molecule has 1 aliphatic heterocycles. The van der Waals surface area contributed by atoms with E-state index < -0.39 is 0 Å². The SMILES string of the molecule is Cn1ncc(Br)c1-c1cc(NC(=O)CCc2ccc(F)cc2)ccc1OCCN1CCCCC1. The van der Waals surface area contributed by atoms with E-state index in [0.717, 1.165) is 46.7 Å². The van der Waals surface area contributed by atoms with Crippen LogP contribution in [0.3, 0.4) is 0 Å². The predicted molar refractivity (Wildman–Crippen MR) is 135 cm³/mol. The fraction of sp³-hybridized carbons (Fsp3) is 0.385. The highest BCUT2D eigenvalue weighted by molar-refractivity contribution is 9.10. The Kier molecular flexibility index (Phi) is 8.34. The van der Waals surface area contributed by atoms with Gasteiger partial charge in [-0.25, -0.2) is 4.39 Å². The van der Waals surface area contributed by atoms with Gasteiger partial charge in [-0.1, -0.05) is 18.6 Å². The van der Waals surface area contributed by atoms with Gasteiger partial charge in [0.1, 0.15) is 18.2 Å². The van der Waals surface area contributed by atoms with Crippen molar-refractivity contribution in [2.24, 2.45) is 7.05 Å². The summed E-state index contributed by atoms with van der Waals surface area (Å²) in [5.41, 5.74) is 3.36. The molecule has 6 nitrogen and oxygen atoms in total. The Balaban J connectivity index is 1.45. The first-order valence-electron chi connectivity index (χ1n) is 11.7. The number of halogens is 2. The number of nitrogens with zero attached hydrogens (tertiary/aromatic N) is 3. The fourth-order valence-corrected chi connectivity index (χ4v) is 4.79. The number of nitrogens with one attached hydrogen (secondary N) is 1. The van der Waals surface area contributed by atoms with Crippen LogP contribution in [0, 0.1) is 5.82 Å². The molecule has 1 amide bonds. The van der Waals surface area contributed by atoms with E-state index in [2.05, 4.69) is 31.2 Å². The smallest absolute Gasteiger partial charge is 0.224 e. The fourth-order valence-electron chi connectivity index (χ4n) is 4.23. The van der Waals surface area contributed by atoms with E-state index in [0.29, 0.717) is 25.1 Å². The van der Waals surface area contributed by atoms with Crippen molar-refractivity contribution >= 4 is 27.5 Å². The van der Waals surface area contributed by atoms with Crippen molar-refractivity contribution in [3.05, 3.63) is 64.5 Å². The van der Waals surface area contributed by atoms with Crippen LogP contribution in [0.4, 0.5) is 10.1 Å². The summed E-state index contributed by atoms with van der Waals surface area (Å²) < 4.78 is 21.9. The number of anilines is 1. The molecule has 0 aliphatic carbocycles. The van der Waals surface area contributed by atoms with E-state index in [-0.39, 0.29) is 11.7 Å². The number of piperidine rings is 1. The van der Waals surface area contributed by atoms with E-state index >= 15 is 0 Å². The van der Waals surface area contributed by atoms with Gasteiger partial charge >= 0.3 is 0 Å². The number of benzene rings is 2. The van der Waals surface area contributed by atoms with Gasteiger partial charge in [-0.2, -0.15) is 5.10 Å². The summed E-state index contributed by atoms with van der Waals surface area (Å²) in [4.78, 5) is 15.0. The van der Waals surface area contributed by atoms with Crippen LogP contribution in [0.2, 0.25) is 0 Å². The number of ether oxygens (including phenoxy) is 1. The molecule has 180 valence electrons. The lowest BCUT2D eigenvalue weighted by Gasteiger charge is -2.26. The van der Waals surface area contributed by atoms with Gasteiger partial charge in [0.25, 0.3) is 0 Å². The predicted octanol–water partition coefficient (Wildman–Crippen LogP) is 5.42. The lowest BCUT2D eigenvalue weighted by Crippen LogP contribution is -2.33. The van der Waals surface area contributed by atoms with E-state index in [4.69, 9.17) is 4.74 Å². The molecule has 0 radical (unpaired) electrons. The molecule has 0 spiro atoms. The molecule has 4 rings (SSSR count). The van der Waals surface area contributed by atoms with E-state index in [1.165, 1.54) is 31.4 Å². The molecule has 1 aromatic heterocycles. The Morgan fingerprint density at radius 1 is 1.15 bits per heavy atom. The highest BCUT2D eigenvalue weighted by Crippen LogP contribution is 2.36. The molecule has 0 unspecified atom stereocenters. The number of carbonyl (C=O) groups is 1. The lowest BCUT2D eigenvalue weighted by atomic mass is 10.1. The number of aryl methyl sites for hydroxylation is 2. The van der Waals surface area contributed by atoms with Gasteiger partial charge in [0.05, 0.1) is 16.4 Å². The molecule has 0 atom stereocenters. The number of carbonyl (C=O) groups excluding carboxylic acids is 1. The van der Waals surface area contributed by atoms with Gasteiger partial charge in [-0.15, -0.1) is 0 Å². The van der Waals surface area contributed by atoms with Gasteiger partial charge in [0.15, 0.2) is 0 Å². The van der Waals surface area contributed by atoms with Crippen molar-refractivity contribution in [3.63, 3.8) is 0 Å². The van der Waals surface area contributed by atoms with Gasteiger partial charge in [-0.3, -0.25) is 14.4 Å². The summed E-state index contributed by atoms with van der Waals surface area (Å²) in [6.45, 7) is 3.76. The molecule has 34 heavy (non-hydrogen) atoms. The van der Waals surface area contributed by atoms with Crippen LogP contribution in [-0.4, -0.2) is 46.8 Å². The van der Waals surface area contributed by atoms with Crippen molar-refractivity contribution < 1.29 is 13.9 Å². The van der Waals surface area contributed by atoms with Crippen molar-refractivity contribution in [1.29, 1.82) is 0 Å². The Bertz CT molecular complexity index is 1090. The van der Waals surface area contributed by atoms with Crippen LogP contribution in [0.5, 0.6) is 5.75 Å². The van der Waals surface area contributed by atoms with Crippen molar-refractivity contribution in [1.82, 2.24) is 14.7 Å². The third-order valence-corrected chi connectivity index (χ3v) is 6.66. The molecular formula is C26H30BrFN4O2. The molecule has 1 aliphatic rings. The Hall–Kier alpha value is -2.71. The topological polar surface area (TPSA) is 59.4 Å². The standard InChI is InChI=1S/C26H30BrFN4O2/c1-31-26(23(27)18-29-31)22-17-21(30-25(33)12-7-19-5-8-20(28)9-6-19)10-11-24(22)34-16-15-32-13-3-2-4-14-32/h5-6,8-11,17-18H,2-4,7,12-16H2,1H3,(H,30,33). The Morgan fingerprint density at radius 3 is 2.62 bits per heavy atom. The number of rotatable bonds is 9. The largest absolute Gasteiger partial charge is 0.492 e. The molecule has 1 N–H and O–H groups in total. The Morgan fingerprint density at radius 2 is 1.91 bits per heavy atom. The average Bonchev–Trinajstić information content (AvgIpc) is 3.18. The molecule has 2 heterocycles.